The summed E-state index contributed by atoms with van der Waals surface area (Å²) in [6.45, 7) is 7.66. The van der Waals surface area contributed by atoms with Gasteiger partial charge in [0.15, 0.2) is 5.69 Å². The molecule has 0 fully saturated rings. The van der Waals surface area contributed by atoms with Crippen LogP contribution in [0.25, 0.3) is 80.3 Å². The van der Waals surface area contributed by atoms with Crippen LogP contribution in [-0.4, -0.2) is 14.1 Å². The Bertz CT molecular complexity index is 2710. The zero-order valence-corrected chi connectivity index (χ0v) is 23.4. The Morgan fingerprint density at radius 3 is 2.19 bits per heavy atom. The van der Waals surface area contributed by atoms with Gasteiger partial charge in [0, 0.05) is 31.6 Å². The highest BCUT2D eigenvalue weighted by Gasteiger charge is 2.20. The number of aromatic nitrogens is 3. The molecule has 0 unspecified atom stereocenters. The second-order valence-corrected chi connectivity index (χ2v) is 11.7. The first-order valence-electron chi connectivity index (χ1n) is 13.9. The van der Waals surface area contributed by atoms with Crippen molar-refractivity contribution in [2.75, 3.05) is 0 Å². The second-order valence-electron chi connectivity index (χ2n) is 10.6. The number of benzene rings is 5. The molecule has 0 amide bonds. The quantitative estimate of drug-likeness (QED) is 0.196. The molecule has 0 aliphatic carbocycles. The summed E-state index contributed by atoms with van der Waals surface area (Å²) in [6, 6.07) is 41.4. The Morgan fingerprint density at radius 1 is 0.628 bits per heavy atom. The van der Waals surface area contributed by atoms with E-state index in [1.54, 1.807) is 11.3 Å². The lowest BCUT2D eigenvalue weighted by molar-refractivity contribution is 1.02. The number of hydrogen-bond acceptors (Lipinski definition) is 3. The van der Waals surface area contributed by atoms with Crippen molar-refractivity contribution in [3.63, 3.8) is 0 Å². The first-order valence-corrected chi connectivity index (χ1v) is 14.7. The number of pyridine rings is 1. The van der Waals surface area contributed by atoms with Gasteiger partial charge in [-0.3, -0.25) is 9.13 Å². The van der Waals surface area contributed by atoms with Crippen LogP contribution in [0.4, 0.5) is 5.69 Å². The minimum absolute atomic E-state index is 0.617. The van der Waals surface area contributed by atoms with E-state index in [-0.39, 0.29) is 0 Å². The molecule has 4 heterocycles. The van der Waals surface area contributed by atoms with Crippen LogP contribution in [0.3, 0.4) is 0 Å². The monoisotopic (exact) mass is 565 g/mol. The third-order valence-electron chi connectivity index (χ3n) is 8.36. The zero-order chi connectivity index (χ0) is 28.7. The molecule has 0 saturated carbocycles. The molecule has 0 saturated heterocycles. The molecule has 6 heteroatoms. The molecule has 0 atom stereocenters. The molecule has 5 aromatic carbocycles. The molecule has 43 heavy (non-hydrogen) atoms. The molecule has 4 aromatic heterocycles. The van der Waals surface area contributed by atoms with E-state index in [0.717, 1.165) is 55.2 Å². The molecule has 0 radical (unpaired) electrons. The molecule has 5 nitrogen and oxygen atoms in total. The smallest absolute Gasteiger partial charge is 0.188 e. The maximum Gasteiger partial charge on any atom is 0.188 e. The van der Waals surface area contributed by atoms with Crippen LogP contribution in [0.5, 0.6) is 0 Å². The van der Waals surface area contributed by atoms with Gasteiger partial charge in [-0.2, -0.15) is 5.26 Å². The number of para-hydroxylation sites is 1. The number of hydrogen-bond donors (Lipinski definition) is 0. The number of fused-ring (bicyclic) bond motifs is 10. The van der Waals surface area contributed by atoms with Crippen molar-refractivity contribution >= 4 is 80.8 Å². The van der Waals surface area contributed by atoms with E-state index in [1.807, 2.05) is 54.6 Å². The largest absolute Gasteiger partial charge is 0.294 e. The summed E-state index contributed by atoms with van der Waals surface area (Å²) >= 11 is 1.79. The number of thiophene rings is 1. The average molecular weight is 566 g/mol. The first-order chi connectivity index (χ1) is 21.2. The summed E-state index contributed by atoms with van der Waals surface area (Å²) in [5, 5.41) is 16.3. The lowest BCUT2D eigenvalue weighted by Gasteiger charge is -2.12. The van der Waals surface area contributed by atoms with Crippen molar-refractivity contribution in [3.8, 4) is 17.7 Å². The third-order valence-corrected chi connectivity index (χ3v) is 9.56. The first kappa shape index (κ1) is 23.7. The molecule has 0 aliphatic rings. The maximum atomic E-state index is 9.58. The summed E-state index contributed by atoms with van der Waals surface area (Å²) in [4.78, 5) is 9.04. The molecular formula is C37H19N5S. The highest BCUT2D eigenvalue weighted by atomic mass is 32.1. The summed E-state index contributed by atoms with van der Waals surface area (Å²) in [6.07, 6.45) is 0. The van der Waals surface area contributed by atoms with Crippen molar-refractivity contribution < 1.29 is 0 Å². The highest BCUT2D eigenvalue weighted by molar-refractivity contribution is 7.26. The molecule has 9 rings (SSSR count). The number of nitriles is 1. The van der Waals surface area contributed by atoms with E-state index < -0.39 is 0 Å². The number of rotatable bonds is 2. The van der Waals surface area contributed by atoms with Crippen molar-refractivity contribution in [1.29, 1.82) is 5.26 Å². The van der Waals surface area contributed by atoms with Gasteiger partial charge in [0.1, 0.15) is 11.6 Å². The van der Waals surface area contributed by atoms with Crippen molar-refractivity contribution in [2.24, 2.45) is 0 Å². The third kappa shape index (κ3) is 3.27. The second kappa shape index (κ2) is 8.77. The Morgan fingerprint density at radius 2 is 1.33 bits per heavy atom. The molecule has 0 bridgehead atoms. The van der Waals surface area contributed by atoms with E-state index in [2.05, 4.69) is 80.7 Å². The molecule has 9 aromatic rings. The Hall–Kier alpha value is -5.95. The van der Waals surface area contributed by atoms with Crippen LogP contribution in [0, 0.1) is 17.9 Å². The standard InChI is InChI=1S/C37H19N5S/c1-39-23-14-18-32-29(20-23)26-15-16-27-25-8-3-5-10-33(25)43-37(27)36(26)42(32)35-12-6-11-34(40-35)41-30-9-4-2-7-24(30)28-19-22(21-38)13-17-31(28)41/h2-20H. The molecule has 0 N–H and O–H groups in total. The van der Waals surface area contributed by atoms with Gasteiger partial charge in [-0.15, -0.1) is 11.3 Å². The lowest BCUT2D eigenvalue weighted by atomic mass is 10.1. The van der Waals surface area contributed by atoms with Crippen LogP contribution in [0.2, 0.25) is 0 Å². The van der Waals surface area contributed by atoms with Crippen molar-refractivity contribution in [1.82, 2.24) is 14.1 Å². The fraction of sp³-hybridized carbons (Fsp3) is 0. The predicted molar refractivity (Wildman–Crippen MR) is 177 cm³/mol. The van der Waals surface area contributed by atoms with Gasteiger partial charge in [-0.25, -0.2) is 9.83 Å². The van der Waals surface area contributed by atoms with E-state index >= 15 is 0 Å². The zero-order valence-electron chi connectivity index (χ0n) is 22.6. The minimum atomic E-state index is 0.617. The van der Waals surface area contributed by atoms with E-state index in [9.17, 15) is 5.26 Å². The van der Waals surface area contributed by atoms with Crippen LogP contribution >= 0.6 is 11.3 Å². The highest BCUT2D eigenvalue weighted by Crippen LogP contribution is 2.43. The fourth-order valence-corrected chi connectivity index (χ4v) is 7.77. The van der Waals surface area contributed by atoms with Crippen molar-refractivity contribution in [2.45, 2.75) is 0 Å². The normalized spacial score (nSPS) is 11.7. The van der Waals surface area contributed by atoms with Crippen LogP contribution in [0.15, 0.2) is 115 Å². The average Bonchev–Trinajstić information content (AvgIpc) is 3.72. The Balaban J connectivity index is 1.39. The summed E-state index contributed by atoms with van der Waals surface area (Å²) in [5.74, 6) is 1.60. The molecular weight excluding hydrogens is 547 g/mol. The molecule has 198 valence electrons. The van der Waals surface area contributed by atoms with Gasteiger partial charge in [0.2, 0.25) is 0 Å². The van der Waals surface area contributed by atoms with E-state index in [0.29, 0.717) is 11.3 Å². The predicted octanol–water partition coefficient (Wildman–Crippen LogP) is 10.1. The van der Waals surface area contributed by atoms with Gasteiger partial charge in [0.25, 0.3) is 0 Å². The van der Waals surface area contributed by atoms with Gasteiger partial charge in [0.05, 0.1) is 45.0 Å². The van der Waals surface area contributed by atoms with Gasteiger partial charge in [-0.05, 0) is 60.0 Å². The maximum absolute atomic E-state index is 9.58. The molecule has 0 spiro atoms. The van der Waals surface area contributed by atoms with Crippen molar-refractivity contribution in [3.05, 3.63) is 132 Å². The SMILES string of the molecule is [C-]#[N+]c1ccc2c(c1)c1ccc3c4ccccc4sc3c1n2-c1cccc(-n2c3ccccc3c3cc(C#N)ccc32)n1. The summed E-state index contributed by atoms with van der Waals surface area (Å²) < 4.78 is 6.87. The Labute approximate surface area is 249 Å². The Kier molecular flexibility index (Phi) is 4.84. The van der Waals surface area contributed by atoms with E-state index in [1.165, 1.54) is 20.2 Å². The van der Waals surface area contributed by atoms with Crippen LogP contribution in [-0.2, 0) is 0 Å². The van der Waals surface area contributed by atoms with Gasteiger partial charge < -0.3 is 0 Å². The molecule has 0 aliphatic heterocycles. The van der Waals surface area contributed by atoms with Crippen LogP contribution < -0.4 is 0 Å². The van der Waals surface area contributed by atoms with Crippen LogP contribution in [0.1, 0.15) is 5.56 Å². The minimum Gasteiger partial charge on any atom is -0.294 e. The topological polar surface area (TPSA) is 50.9 Å². The fourth-order valence-electron chi connectivity index (χ4n) is 6.53. The van der Waals surface area contributed by atoms with Gasteiger partial charge in [-0.1, -0.05) is 60.7 Å². The summed E-state index contributed by atoms with van der Waals surface area (Å²) in [7, 11) is 0. The lowest BCUT2D eigenvalue weighted by Crippen LogP contribution is -2.03. The summed E-state index contributed by atoms with van der Waals surface area (Å²) in [5.41, 5.74) is 5.40. The van der Waals surface area contributed by atoms with E-state index in [4.69, 9.17) is 11.6 Å². The number of nitrogens with zero attached hydrogens (tertiary/aromatic N) is 5. The van der Waals surface area contributed by atoms with Gasteiger partial charge >= 0.3 is 0 Å².